The molecular weight excluding hydrogens is 318 g/mol. The molecule has 2 rings (SSSR count). The number of amides is 2. The quantitative estimate of drug-likeness (QED) is 0.858. The number of benzene rings is 1. The Morgan fingerprint density at radius 2 is 2.00 bits per heavy atom. The number of hydrogen-bond acceptors (Lipinski definition) is 7. The second-order valence-electron chi connectivity index (χ2n) is 4.91. The van der Waals surface area contributed by atoms with Gasteiger partial charge in [-0.3, -0.25) is 10.1 Å². The summed E-state index contributed by atoms with van der Waals surface area (Å²) in [4.78, 5) is 22.8. The summed E-state index contributed by atoms with van der Waals surface area (Å²) in [7, 11) is 1.19. The summed E-state index contributed by atoms with van der Waals surface area (Å²) in [6.45, 7) is 5.66. The predicted molar refractivity (Wildman–Crippen MR) is 85.1 cm³/mol. The molecular formula is C15H17N3O4S. The summed E-state index contributed by atoms with van der Waals surface area (Å²) in [5.74, 6) is -0.107. The van der Waals surface area contributed by atoms with E-state index in [1.807, 2.05) is 32.0 Å². The molecule has 0 fully saturated rings. The Kier molecular flexibility index (Phi) is 5.38. The summed E-state index contributed by atoms with van der Waals surface area (Å²) in [6, 6.07) is 5.84. The topological polar surface area (TPSA) is 94.3 Å². The fourth-order valence-electron chi connectivity index (χ4n) is 1.71. The van der Waals surface area contributed by atoms with Crippen molar-refractivity contribution < 1.29 is 18.7 Å². The minimum atomic E-state index is -0.802. The minimum absolute atomic E-state index is 0.255. The molecule has 0 saturated carbocycles. The van der Waals surface area contributed by atoms with Crippen LogP contribution in [0.25, 0.3) is 11.5 Å². The monoisotopic (exact) mass is 335 g/mol. The van der Waals surface area contributed by atoms with Gasteiger partial charge >= 0.3 is 6.09 Å². The molecule has 1 N–H and O–H groups in total. The van der Waals surface area contributed by atoms with E-state index in [1.54, 1.807) is 6.92 Å². The SMILES string of the molecule is COC(=O)NC(=O)[C@H](C)Sc1nnc(-c2ccc(C)c(C)c2)o1. The van der Waals surface area contributed by atoms with Crippen molar-refractivity contribution in [3.8, 4) is 11.5 Å². The molecule has 8 heteroatoms. The normalized spacial score (nSPS) is 11.8. The van der Waals surface area contributed by atoms with Crippen molar-refractivity contribution in [3.05, 3.63) is 29.3 Å². The number of carbonyl (C=O) groups excluding carboxylic acids is 2. The molecule has 0 aliphatic carbocycles. The maximum absolute atomic E-state index is 11.8. The number of nitrogens with zero attached hydrogens (tertiary/aromatic N) is 2. The van der Waals surface area contributed by atoms with E-state index in [0.29, 0.717) is 5.89 Å². The van der Waals surface area contributed by atoms with Crippen LogP contribution < -0.4 is 5.32 Å². The Morgan fingerprint density at radius 3 is 2.65 bits per heavy atom. The molecule has 2 amide bonds. The number of aryl methyl sites for hydroxylation is 2. The fraction of sp³-hybridized carbons (Fsp3) is 0.333. The van der Waals surface area contributed by atoms with Crippen LogP contribution in [0.1, 0.15) is 18.1 Å². The van der Waals surface area contributed by atoms with Gasteiger partial charge in [0.15, 0.2) is 0 Å². The van der Waals surface area contributed by atoms with Crippen molar-refractivity contribution in [2.24, 2.45) is 0 Å². The summed E-state index contributed by atoms with van der Waals surface area (Å²) in [5, 5.41) is 9.67. The highest BCUT2D eigenvalue weighted by Crippen LogP contribution is 2.27. The van der Waals surface area contributed by atoms with Crippen LogP contribution in [0.15, 0.2) is 27.8 Å². The molecule has 0 radical (unpaired) electrons. The fourth-order valence-corrected chi connectivity index (χ4v) is 2.39. The molecule has 1 heterocycles. The Bertz CT molecular complexity index is 729. The van der Waals surface area contributed by atoms with Crippen molar-refractivity contribution in [1.82, 2.24) is 15.5 Å². The molecule has 0 unspecified atom stereocenters. The number of carbonyl (C=O) groups is 2. The molecule has 0 saturated heterocycles. The third kappa shape index (κ3) is 4.32. The zero-order chi connectivity index (χ0) is 17.0. The lowest BCUT2D eigenvalue weighted by Gasteiger charge is -2.07. The van der Waals surface area contributed by atoms with Gasteiger partial charge in [-0.1, -0.05) is 17.8 Å². The molecule has 1 aromatic carbocycles. The van der Waals surface area contributed by atoms with Crippen molar-refractivity contribution in [1.29, 1.82) is 0 Å². The van der Waals surface area contributed by atoms with Crippen LogP contribution >= 0.6 is 11.8 Å². The molecule has 0 aliphatic rings. The van der Waals surface area contributed by atoms with E-state index in [1.165, 1.54) is 12.7 Å². The van der Waals surface area contributed by atoms with Crippen LogP contribution in [0.4, 0.5) is 4.79 Å². The molecule has 7 nitrogen and oxygen atoms in total. The maximum atomic E-state index is 11.8. The number of rotatable bonds is 4. The Hall–Kier alpha value is -2.35. The molecule has 23 heavy (non-hydrogen) atoms. The number of hydrogen-bond donors (Lipinski definition) is 1. The summed E-state index contributed by atoms with van der Waals surface area (Å²) < 4.78 is 9.93. The number of ether oxygens (including phenoxy) is 1. The number of imide groups is 1. The van der Waals surface area contributed by atoms with Crippen LogP contribution in [-0.4, -0.2) is 34.6 Å². The number of alkyl carbamates (subject to hydrolysis) is 1. The number of aromatic nitrogens is 2. The van der Waals surface area contributed by atoms with Crippen LogP contribution in [-0.2, 0) is 9.53 Å². The zero-order valence-corrected chi connectivity index (χ0v) is 14.1. The highest BCUT2D eigenvalue weighted by atomic mass is 32.2. The Balaban J connectivity index is 2.05. The largest absolute Gasteiger partial charge is 0.453 e. The van der Waals surface area contributed by atoms with Gasteiger partial charge in [0.1, 0.15) is 0 Å². The van der Waals surface area contributed by atoms with Gasteiger partial charge in [0.05, 0.1) is 12.4 Å². The van der Waals surface area contributed by atoms with Gasteiger partial charge in [0.25, 0.3) is 5.22 Å². The minimum Gasteiger partial charge on any atom is -0.453 e. The van der Waals surface area contributed by atoms with Crippen LogP contribution in [0.5, 0.6) is 0 Å². The van der Waals surface area contributed by atoms with Crippen molar-refractivity contribution in [2.45, 2.75) is 31.2 Å². The second kappa shape index (κ2) is 7.28. The highest BCUT2D eigenvalue weighted by Gasteiger charge is 2.20. The predicted octanol–water partition coefficient (Wildman–Crippen LogP) is 2.72. The van der Waals surface area contributed by atoms with Crippen LogP contribution in [0, 0.1) is 13.8 Å². The first-order valence-electron chi connectivity index (χ1n) is 6.87. The molecule has 122 valence electrons. The van der Waals surface area contributed by atoms with E-state index in [4.69, 9.17) is 4.42 Å². The summed E-state index contributed by atoms with van der Waals surface area (Å²) in [5.41, 5.74) is 3.12. The van der Waals surface area contributed by atoms with E-state index < -0.39 is 17.3 Å². The van der Waals surface area contributed by atoms with E-state index in [-0.39, 0.29) is 5.22 Å². The van der Waals surface area contributed by atoms with E-state index >= 15 is 0 Å². The smallest absolute Gasteiger partial charge is 0.413 e. The molecule has 0 spiro atoms. The van der Waals surface area contributed by atoms with Gasteiger partial charge in [0.2, 0.25) is 11.8 Å². The van der Waals surface area contributed by atoms with E-state index in [9.17, 15) is 9.59 Å². The number of thioether (sulfide) groups is 1. The highest BCUT2D eigenvalue weighted by molar-refractivity contribution is 8.00. The zero-order valence-electron chi connectivity index (χ0n) is 13.2. The lowest BCUT2D eigenvalue weighted by Crippen LogP contribution is -2.35. The van der Waals surface area contributed by atoms with E-state index in [0.717, 1.165) is 22.9 Å². The molecule has 1 aromatic heterocycles. The van der Waals surface area contributed by atoms with E-state index in [2.05, 4.69) is 20.3 Å². The average molecular weight is 335 g/mol. The van der Waals surface area contributed by atoms with Crippen molar-refractivity contribution in [3.63, 3.8) is 0 Å². The standard InChI is InChI=1S/C15H17N3O4S/c1-8-5-6-11(7-9(8)2)13-17-18-15(22-13)23-10(3)12(19)16-14(20)21-4/h5-7,10H,1-4H3,(H,16,19,20)/t10-/m0/s1. The van der Waals surface area contributed by atoms with Gasteiger partial charge in [-0.15, -0.1) is 10.2 Å². The summed E-state index contributed by atoms with van der Waals surface area (Å²) >= 11 is 1.07. The number of nitrogens with one attached hydrogen (secondary N) is 1. The number of methoxy groups -OCH3 is 1. The molecule has 2 aromatic rings. The lowest BCUT2D eigenvalue weighted by atomic mass is 10.1. The van der Waals surface area contributed by atoms with Gasteiger partial charge in [0, 0.05) is 5.56 Å². The van der Waals surface area contributed by atoms with Gasteiger partial charge in [-0.25, -0.2) is 4.79 Å². The third-order valence-corrected chi connectivity index (χ3v) is 4.15. The van der Waals surface area contributed by atoms with Gasteiger partial charge in [-0.05, 0) is 44.0 Å². The van der Waals surface area contributed by atoms with Gasteiger partial charge < -0.3 is 9.15 Å². The first kappa shape index (κ1) is 17.0. The average Bonchev–Trinajstić information content (AvgIpc) is 2.98. The Morgan fingerprint density at radius 1 is 1.26 bits per heavy atom. The molecule has 0 aliphatic heterocycles. The second-order valence-corrected chi connectivity index (χ2v) is 6.21. The third-order valence-electron chi connectivity index (χ3n) is 3.22. The van der Waals surface area contributed by atoms with Crippen LogP contribution in [0.3, 0.4) is 0 Å². The maximum Gasteiger partial charge on any atom is 0.413 e. The Labute approximate surface area is 137 Å². The molecule has 1 atom stereocenters. The van der Waals surface area contributed by atoms with Crippen molar-refractivity contribution in [2.75, 3.05) is 7.11 Å². The van der Waals surface area contributed by atoms with Gasteiger partial charge in [-0.2, -0.15) is 0 Å². The lowest BCUT2D eigenvalue weighted by molar-refractivity contribution is -0.119. The molecule has 0 bridgehead atoms. The van der Waals surface area contributed by atoms with Crippen molar-refractivity contribution >= 4 is 23.8 Å². The first-order valence-corrected chi connectivity index (χ1v) is 7.75. The summed E-state index contributed by atoms with van der Waals surface area (Å²) in [6.07, 6.45) is -0.802. The first-order chi connectivity index (χ1) is 10.9. The van der Waals surface area contributed by atoms with Crippen LogP contribution in [0.2, 0.25) is 0 Å².